The van der Waals surface area contributed by atoms with E-state index >= 15 is 0 Å². The predicted molar refractivity (Wildman–Crippen MR) is 161 cm³/mol. The Morgan fingerprint density at radius 1 is 1.23 bits per heavy atom. The minimum atomic E-state index is -0.104. The Kier molecular flexibility index (Phi) is 10.9. The molecular formula is C30H41ClN6O3. The number of nitrogens with one attached hydrogen (secondary N) is 2. The third-order valence-electron chi connectivity index (χ3n) is 7.48. The van der Waals surface area contributed by atoms with Crippen LogP contribution in [0.4, 0.5) is 5.82 Å². The third kappa shape index (κ3) is 7.40. The van der Waals surface area contributed by atoms with E-state index in [2.05, 4.69) is 34.3 Å². The molecule has 0 radical (unpaired) electrons. The molecule has 0 spiro atoms. The summed E-state index contributed by atoms with van der Waals surface area (Å²) in [7, 11) is 0. The summed E-state index contributed by atoms with van der Waals surface area (Å²) in [5, 5.41) is 11.5. The van der Waals surface area contributed by atoms with Gasteiger partial charge in [-0.15, -0.1) is 0 Å². The molecule has 1 aromatic carbocycles. The van der Waals surface area contributed by atoms with Crippen LogP contribution in [0.5, 0.6) is 0 Å². The number of benzene rings is 1. The van der Waals surface area contributed by atoms with Crippen LogP contribution in [0.15, 0.2) is 40.2 Å². The number of aryl methyl sites for hydroxylation is 1. The lowest BCUT2D eigenvalue weighted by atomic mass is 9.96. The van der Waals surface area contributed by atoms with Crippen molar-refractivity contribution in [2.45, 2.75) is 65.0 Å². The fourth-order valence-electron chi connectivity index (χ4n) is 5.31. The summed E-state index contributed by atoms with van der Waals surface area (Å²) in [6.07, 6.45) is 7.68. The van der Waals surface area contributed by atoms with Gasteiger partial charge in [0.25, 0.3) is 5.56 Å². The minimum absolute atomic E-state index is 0.104. The Hall–Kier alpha value is -2.98. The number of halogens is 1. The Balaban J connectivity index is 1.69. The average Bonchev–Trinajstić information content (AvgIpc) is 3.40. The van der Waals surface area contributed by atoms with E-state index in [4.69, 9.17) is 26.6 Å². The van der Waals surface area contributed by atoms with Gasteiger partial charge in [0.1, 0.15) is 5.82 Å². The molecule has 4 N–H and O–H groups in total. The van der Waals surface area contributed by atoms with Crippen LogP contribution >= 0.6 is 11.6 Å². The van der Waals surface area contributed by atoms with E-state index in [1.165, 1.54) is 0 Å². The molecule has 0 saturated carbocycles. The number of rotatable bonds is 14. The molecule has 3 aromatic rings. The monoisotopic (exact) mass is 568 g/mol. The number of hydrogen-bond acceptors (Lipinski definition) is 8. The Bertz CT molecular complexity index is 1330. The normalized spacial score (nSPS) is 14.8. The Morgan fingerprint density at radius 3 is 2.67 bits per heavy atom. The topological polar surface area (TPSA) is 120 Å². The van der Waals surface area contributed by atoms with Gasteiger partial charge >= 0.3 is 0 Å². The molecule has 3 heterocycles. The maximum Gasteiger partial charge on any atom is 0.260 e. The quantitative estimate of drug-likeness (QED) is 0.219. The molecule has 0 amide bonds. The first-order valence-corrected chi connectivity index (χ1v) is 14.6. The van der Waals surface area contributed by atoms with Gasteiger partial charge in [-0.25, -0.2) is 0 Å². The number of nitrogens with two attached hydrogens (primary N) is 1. The molecule has 9 nitrogen and oxygen atoms in total. The third-order valence-corrected chi connectivity index (χ3v) is 7.80. The lowest BCUT2D eigenvalue weighted by Crippen LogP contribution is -2.38. The average molecular weight is 569 g/mol. The molecule has 40 heavy (non-hydrogen) atoms. The van der Waals surface area contributed by atoms with Crippen LogP contribution in [0.2, 0.25) is 5.02 Å². The Morgan fingerprint density at radius 2 is 2.02 bits per heavy atom. The molecule has 2 aromatic heterocycles. The van der Waals surface area contributed by atoms with Crippen LogP contribution in [-0.4, -0.2) is 47.2 Å². The van der Waals surface area contributed by atoms with E-state index in [-0.39, 0.29) is 5.56 Å². The second kappa shape index (κ2) is 14.6. The SMILES string of the molecule is C=Cc1cc(-c2ccc(-c3noc(C)n3)cc2Cl)c(=O)n(CCC(CCC)CCN)c1NCNC1CCOCC1. The molecule has 0 aliphatic carbocycles. The van der Waals surface area contributed by atoms with Crippen molar-refractivity contribution in [3.8, 4) is 22.5 Å². The largest absolute Gasteiger partial charge is 0.381 e. The van der Waals surface area contributed by atoms with Gasteiger partial charge in [0.2, 0.25) is 11.7 Å². The number of pyridine rings is 1. The van der Waals surface area contributed by atoms with Gasteiger partial charge < -0.3 is 20.3 Å². The maximum atomic E-state index is 14.1. The van der Waals surface area contributed by atoms with Crippen LogP contribution in [0, 0.1) is 12.8 Å². The highest BCUT2D eigenvalue weighted by molar-refractivity contribution is 6.33. The summed E-state index contributed by atoms with van der Waals surface area (Å²) < 4.78 is 12.4. The first-order valence-electron chi connectivity index (χ1n) is 14.2. The Labute approximate surface area is 241 Å². The van der Waals surface area contributed by atoms with Crippen molar-refractivity contribution in [1.82, 2.24) is 20.0 Å². The lowest BCUT2D eigenvalue weighted by Gasteiger charge is -2.25. The zero-order chi connectivity index (χ0) is 28.5. The zero-order valence-electron chi connectivity index (χ0n) is 23.5. The number of ether oxygens (including phenoxy) is 1. The van der Waals surface area contributed by atoms with Crippen molar-refractivity contribution < 1.29 is 9.26 Å². The number of hydrogen-bond donors (Lipinski definition) is 3. The van der Waals surface area contributed by atoms with Crippen LogP contribution in [0.1, 0.15) is 56.9 Å². The van der Waals surface area contributed by atoms with E-state index in [1.807, 2.05) is 22.8 Å². The van der Waals surface area contributed by atoms with Crippen LogP contribution < -0.4 is 21.9 Å². The maximum absolute atomic E-state index is 14.1. The van der Waals surface area contributed by atoms with E-state index in [0.29, 0.717) is 59.6 Å². The minimum Gasteiger partial charge on any atom is -0.381 e. The first kappa shape index (κ1) is 30.0. The van der Waals surface area contributed by atoms with Gasteiger partial charge in [0, 0.05) is 60.0 Å². The lowest BCUT2D eigenvalue weighted by molar-refractivity contribution is 0.0786. The smallest absolute Gasteiger partial charge is 0.260 e. The summed E-state index contributed by atoms with van der Waals surface area (Å²) in [4.78, 5) is 18.4. The van der Waals surface area contributed by atoms with Crippen LogP contribution in [-0.2, 0) is 11.3 Å². The second-order valence-electron chi connectivity index (χ2n) is 10.3. The molecule has 216 valence electrons. The summed E-state index contributed by atoms with van der Waals surface area (Å²) >= 11 is 6.75. The molecule has 0 bridgehead atoms. The van der Waals surface area contributed by atoms with E-state index < -0.39 is 0 Å². The van der Waals surface area contributed by atoms with Crippen LogP contribution in [0.25, 0.3) is 28.6 Å². The molecular weight excluding hydrogens is 528 g/mol. The van der Waals surface area contributed by atoms with Gasteiger partial charge in [-0.3, -0.25) is 14.7 Å². The van der Waals surface area contributed by atoms with E-state index in [9.17, 15) is 4.79 Å². The molecule has 1 atom stereocenters. The van der Waals surface area contributed by atoms with Crippen molar-refractivity contribution in [2.24, 2.45) is 11.7 Å². The fraction of sp³-hybridized carbons (Fsp3) is 0.500. The first-order chi connectivity index (χ1) is 19.4. The summed E-state index contributed by atoms with van der Waals surface area (Å²) in [6, 6.07) is 7.70. The number of aromatic nitrogens is 3. The van der Waals surface area contributed by atoms with Crippen molar-refractivity contribution in [3.63, 3.8) is 0 Å². The summed E-state index contributed by atoms with van der Waals surface area (Å²) in [6.45, 7) is 11.2. The van der Waals surface area contributed by atoms with E-state index in [0.717, 1.165) is 68.7 Å². The zero-order valence-corrected chi connectivity index (χ0v) is 24.3. The van der Waals surface area contributed by atoms with Crippen molar-refractivity contribution >= 4 is 23.5 Å². The van der Waals surface area contributed by atoms with Gasteiger partial charge in [0.15, 0.2) is 0 Å². The molecule has 10 heteroatoms. The molecule has 1 aliphatic heterocycles. The van der Waals surface area contributed by atoms with Gasteiger partial charge in [-0.1, -0.05) is 61.3 Å². The standard InChI is InChI=1S/C30H41ClN6O3/c1-4-6-21(9-13-32)10-14-37-29(34-19-33-24-11-15-39-16-12-24)22(5-2)17-26(30(37)38)25-8-7-23(18-27(25)31)28-35-20(3)40-36-28/h5,7-8,17-18,21,24,33-34H,2,4,6,9-16,19,32H2,1,3H3. The highest BCUT2D eigenvalue weighted by atomic mass is 35.5. The van der Waals surface area contributed by atoms with Gasteiger partial charge in [-0.05, 0) is 50.3 Å². The molecule has 4 rings (SSSR count). The fourth-order valence-corrected chi connectivity index (χ4v) is 5.59. The molecule has 1 fully saturated rings. The number of anilines is 1. The summed E-state index contributed by atoms with van der Waals surface area (Å²) in [5.41, 5.74) is 8.52. The van der Waals surface area contributed by atoms with Gasteiger partial charge in [-0.2, -0.15) is 4.98 Å². The number of nitrogens with zero attached hydrogens (tertiary/aromatic N) is 3. The highest BCUT2D eigenvalue weighted by Gasteiger charge is 2.20. The van der Waals surface area contributed by atoms with Crippen LogP contribution in [0.3, 0.4) is 0 Å². The summed E-state index contributed by atoms with van der Waals surface area (Å²) in [5.74, 6) is 2.13. The van der Waals surface area contributed by atoms with E-state index in [1.54, 1.807) is 19.1 Å². The van der Waals surface area contributed by atoms with Crippen molar-refractivity contribution in [2.75, 3.05) is 31.7 Å². The second-order valence-corrected chi connectivity index (χ2v) is 10.7. The van der Waals surface area contributed by atoms with Gasteiger partial charge in [0.05, 0.1) is 6.67 Å². The van der Waals surface area contributed by atoms with Crippen molar-refractivity contribution in [3.05, 3.63) is 57.7 Å². The molecule has 1 aliphatic rings. The molecule has 1 unspecified atom stereocenters. The van der Waals surface area contributed by atoms with Crippen molar-refractivity contribution in [1.29, 1.82) is 0 Å². The predicted octanol–water partition coefficient (Wildman–Crippen LogP) is 5.46. The molecule has 1 saturated heterocycles. The highest BCUT2D eigenvalue weighted by Crippen LogP contribution is 2.32.